The average molecular weight is 391 g/mol. The average Bonchev–Trinajstić information content (AvgIpc) is 2.64. The van der Waals surface area contributed by atoms with Crippen molar-refractivity contribution in [1.29, 1.82) is 0 Å². The molecule has 2 rings (SSSR count). The number of benzene rings is 2. The number of likely N-dealkylation sites (N-methyl/N-ethyl adjacent to an activating group) is 1. The van der Waals surface area contributed by atoms with Crippen molar-refractivity contribution in [2.45, 2.75) is 31.3 Å². The highest BCUT2D eigenvalue weighted by molar-refractivity contribution is 8.00. The van der Waals surface area contributed by atoms with E-state index >= 15 is 0 Å². The van der Waals surface area contributed by atoms with Gasteiger partial charge in [-0.2, -0.15) is 0 Å². The van der Waals surface area contributed by atoms with E-state index < -0.39 is 6.04 Å². The van der Waals surface area contributed by atoms with Gasteiger partial charge in [0.2, 0.25) is 11.8 Å². The van der Waals surface area contributed by atoms with E-state index in [4.69, 9.17) is 11.6 Å². The molecular formula is C20H23ClN2O2S. The molecule has 2 amide bonds. The largest absolute Gasteiger partial charge is 0.355 e. The Balaban J connectivity index is 2.12. The number of carbonyl (C=O) groups excluding carboxylic acids is 2. The summed E-state index contributed by atoms with van der Waals surface area (Å²) in [6, 6.07) is 16.5. The van der Waals surface area contributed by atoms with Crippen LogP contribution in [0, 0.1) is 0 Å². The van der Waals surface area contributed by atoms with Gasteiger partial charge in [-0.15, -0.1) is 11.8 Å². The smallest absolute Gasteiger partial charge is 0.242 e. The van der Waals surface area contributed by atoms with Crippen LogP contribution in [0.3, 0.4) is 0 Å². The molecule has 2 aromatic rings. The van der Waals surface area contributed by atoms with Crippen LogP contribution in [0.5, 0.6) is 0 Å². The van der Waals surface area contributed by atoms with Crippen molar-refractivity contribution in [2.24, 2.45) is 0 Å². The lowest BCUT2D eigenvalue weighted by molar-refractivity contribution is -0.138. The molecule has 0 aliphatic heterocycles. The highest BCUT2D eigenvalue weighted by atomic mass is 35.5. The van der Waals surface area contributed by atoms with E-state index in [1.807, 2.05) is 55.5 Å². The number of rotatable bonds is 8. The molecule has 1 unspecified atom stereocenters. The number of amides is 2. The number of nitrogens with one attached hydrogen (secondary N) is 1. The molecule has 4 nitrogen and oxygen atoms in total. The third-order valence-electron chi connectivity index (χ3n) is 3.87. The summed E-state index contributed by atoms with van der Waals surface area (Å²) in [6.07, 6.45) is 0. The predicted molar refractivity (Wildman–Crippen MR) is 107 cm³/mol. The molecule has 6 heteroatoms. The second-order valence-electron chi connectivity index (χ2n) is 5.82. The summed E-state index contributed by atoms with van der Waals surface area (Å²) in [5, 5.41) is 3.40. The number of hydrogen-bond donors (Lipinski definition) is 1. The first-order chi connectivity index (χ1) is 12.5. The Hall–Kier alpha value is -1.98. The maximum absolute atomic E-state index is 12.8. The molecule has 0 saturated heterocycles. The Morgan fingerprint density at radius 3 is 2.54 bits per heavy atom. The molecule has 0 radical (unpaired) electrons. The number of thioether (sulfide) groups is 1. The van der Waals surface area contributed by atoms with E-state index in [0.717, 1.165) is 10.5 Å². The van der Waals surface area contributed by atoms with Crippen LogP contribution in [-0.4, -0.2) is 35.1 Å². The molecule has 0 aliphatic rings. The number of halogens is 1. The zero-order chi connectivity index (χ0) is 18.9. The SMILES string of the molecule is CCNC(=O)C(C)N(Cc1cccc(Cl)c1)C(=O)CSc1ccccc1. The highest BCUT2D eigenvalue weighted by Crippen LogP contribution is 2.20. The van der Waals surface area contributed by atoms with Gasteiger partial charge < -0.3 is 10.2 Å². The van der Waals surface area contributed by atoms with Gasteiger partial charge in [0, 0.05) is 23.0 Å². The van der Waals surface area contributed by atoms with E-state index in [2.05, 4.69) is 5.32 Å². The monoisotopic (exact) mass is 390 g/mol. The molecule has 138 valence electrons. The van der Waals surface area contributed by atoms with Gasteiger partial charge in [-0.3, -0.25) is 9.59 Å². The van der Waals surface area contributed by atoms with Gasteiger partial charge in [0.25, 0.3) is 0 Å². The summed E-state index contributed by atoms with van der Waals surface area (Å²) in [5.41, 5.74) is 0.895. The fourth-order valence-electron chi connectivity index (χ4n) is 2.48. The summed E-state index contributed by atoms with van der Waals surface area (Å²) < 4.78 is 0. The fraction of sp³-hybridized carbons (Fsp3) is 0.300. The lowest BCUT2D eigenvalue weighted by atomic mass is 10.1. The van der Waals surface area contributed by atoms with Crippen molar-refractivity contribution in [3.8, 4) is 0 Å². The van der Waals surface area contributed by atoms with Gasteiger partial charge in [-0.05, 0) is 43.7 Å². The zero-order valence-corrected chi connectivity index (χ0v) is 16.5. The van der Waals surface area contributed by atoms with Crippen LogP contribution in [0.25, 0.3) is 0 Å². The van der Waals surface area contributed by atoms with Gasteiger partial charge in [-0.25, -0.2) is 0 Å². The number of nitrogens with zero attached hydrogens (tertiary/aromatic N) is 1. The molecule has 0 aromatic heterocycles. The predicted octanol–water partition coefficient (Wildman–Crippen LogP) is 3.99. The summed E-state index contributed by atoms with van der Waals surface area (Å²) in [4.78, 5) is 27.8. The first-order valence-corrected chi connectivity index (χ1v) is 9.87. The maximum Gasteiger partial charge on any atom is 0.242 e. The van der Waals surface area contributed by atoms with E-state index in [1.54, 1.807) is 17.9 Å². The van der Waals surface area contributed by atoms with Gasteiger partial charge in [0.15, 0.2) is 0 Å². The highest BCUT2D eigenvalue weighted by Gasteiger charge is 2.25. The van der Waals surface area contributed by atoms with Crippen LogP contribution in [0.2, 0.25) is 5.02 Å². The van der Waals surface area contributed by atoms with Crippen molar-refractivity contribution in [3.05, 3.63) is 65.2 Å². The van der Waals surface area contributed by atoms with Crippen LogP contribution in [0.4, 0.5) is 0 Å². The van der Waals surface area contributed by atoms with Crippen molar-refractivity contribution in [1.82, 2.24) is 10.2 Å². The minimum absolute atomic E-state index is 0.0856. The lowest BCUT2D eigenvalue weighted by Gasteiger charge is -2.28. The molecule has 0 aliphatic carbocycles. The molecule has 0 bridgehead atoms. The molecule has 26 heavy (non-hydrogen) atoms. The van der Waals surface area contributed by atoms with E-state index in [1.165, 1.54) is 11.8 Å². The van der Waals surface area contributed by atoms with Crippen LogP contribution >= 0.6 is 23.4 Å². The molecule has 1 atom stereocenters. The van der Waals surface area contributed by atoms with Gasteiger partial charge in [0.05, 0.1) is 5.75 Å². The van der Waals surface area contributed by atoms with E-state index in [0.29, 0.717) is 18.1 Å². The zero-order valence-electron chi connectivity index (χ0n) is 14.9. The summed E-state index contributed by atoms with van der Waals surface area (Å²) in [6.45, 7) is 4.48. The molecule has 0 heterocycles. The van der Waals surface area contributed by atoms with Crippen LogP contribution in [0.1, 0.15) is 19.4 Å². The Morgan fingerprint density at radius 1 is 1.15 bits per heavy atom. The third-order valence-corrected chi connectivity index (χ3v) is 5.10. The number of carbonyl (C=O) groups is 2. The molecule has 1 N–H and O–H groups in total. The second-order valence-corrected chi connectivity index (χ2v) is 7.31. The minimum atomic E-state index is -0.558. The Bertz CT molecular complexity index is 740. The normalized spacial score (nSPS) is 11.7. The van der Waals surface area contributed by atoms with Gasteiger partial charge in [0.1, 0.15) is 6.04 Å². The maximum atomic E-state index is 12.8. The van der Waals surface area contributed by atoms with Crippen LogP contribution in [0.15, 0.2) is 59.5 Å². The van der Waals surface area contributed by atoms with Crippen LogP contribution < -0.4 is 5.32 Å². The topological polar surface area (TPSA) is 49.4 Å². The first-order valence-electron chi connectivity index (χ1n) is 8.50. The fourth-order valence-corrected chi connectivity index (χ4v) is 3.50. The molecule has 0 saturated carbocycles. The Kier molecular flexibility index (Phi) is 8.01. The summed E-state index contributed by atoms with van der Waals surface area (Å²) in [5.74, 6) is 0.0269. The standard InChI is InChI=1S/C20H23ClN2O2S/c1-3-22-20(25)15(2)23(13-16-8-7-9-17(21)12-16)19(24)14-26-18-10-5-4-6-11-18/h4-12,15H,3,13-14H2,1-2H3,(H,22,25). The minimum Gasteiger partial charge on any atom is -0.355 e. The quantitative estimate of drug-likeness (QED) is 0.693. The van der Waals surface area contributed by atoms with E-state index in [9.17, 15) is 9.59 Å². The molecule has 2 aromatic carbocycles. The van der Waals surface area contributed by atoms with Crippen molar-refractivity contribution in [3.63, 3.8) is 0 Å². The van der Waals surface area contributed by atoms with Crippen LogP contribution in [-0.2, 0) is 16.1 Å². The van der Waals surface area contributed by atoms with Crippen molar-refractivity contribution >= 4 is 35.2 Å². The Morgan fingerprint density at radius 2 is 1.88 bits per heavy atom. The number of hydrogen-bond acceptors (Lipinski definition) is 3. The van der Waals surface area contributed by atoms with Crippen molar-refractivity contribution in [2.75, 3.05) is 12.3 Å². The van der Waals surface area contributed by atoms with Gasteiger partial charge in [-0.1, -0.05) is 41.9 Å². The van der Waals surface area contributed by atoms with E-state index in [-0.39, 0.29) is 17.6 Å². The Labute approximate surface area is 163 Å². The summed E-state index contributed by atoms with van der Waals surface area (Å²) >= 11 is 7.52. The lowest BCUT2D eigenvalue weighted by Crippen LogP contribution is -2.48. The third kappa shape index (κ3) is 6.07. The first kappa shape index (κ1) is 20.3. The molecular weight excluding hydrogens is 368 g/mol. The van der Waals surface area contributed by atoms with Gasteiger partial charge >= 0.3 is 0 Å². The summed E-state index contributed by atoms with van der Waals surface area (Å²) in [7, 11) is 0. The van der Waals surface area contributed by atoms with Crippen molar-refractivity contribution < 1.29 is 9.59 Å². The second kappa shape index (κ2) is 10.2. The molecule has 0 spiro atoms. The molecule has 0 fully saturated rings.